The van der Waals surface area contributed by atoms with Crippen molar-refractivity contribution in [2.45, 2.75) is 6.42 Å². The third kappa shape index (κ3) is 3.99. The summed E-state index contributed by atoms with van der Waals surface area (Å²) in [6, 6.07) is 14.6. The number of nitrogens with zero attached hydrogens (tertiary/aromatic N) is 1. The molecule has 2 rings (SSSR count). The van der Waals surface area contributed by atoms with Crippen molar-refractivity contribution in [1.82, 2.24) is 5.32 Å². The summed E-state index contributed by atoms with van der Waals surface area (Å²) in [7, 11) is 3.92. The highest BCUT2D eigenvalue weighted by molar-refractivity contribution is 5.94. The van der Waals surface area contributed by atoms with E-state index in [0.29, 0.717) is 18.5 Å². The predicted molar refractivity (Wildman–Crippen MR) is 84.9 cm³/mol. The van der Waals surface area contributed by atoms with E-state index in [-0.39, 0.29) is 11.7 Å². The lowest BCUT2D eigenvalue weighted by atomic mass is 10.1. The van der Waals surface area contributed by atoms with Crippen molar-refractivity contribution in [3.63, 3.8) is 0 Å². The second-order valence-corrected chi connectivity index (χ2v) is 5.08. The highest BCUT2D eigenvalue weighted by Gasteiger charge is 2.06. The number of para-hydroxylation sites is 1. The van der Waals surface area contributed by atoms with E-state index >= 15 is 0 Å². The molecule has 0 atom stereocenters. The molecule has 2 aromatic rings. The van der Waals surface area contributed by atoms with Crippen LogP contribution in [0.5, 0.6) is 5.75 Å². The minimum absolute atomic E-state index is 0.101. The van der Waals surface area contributed by atoms with Crippen molar-refractivity contribution in [1.29, 1.82) is 0 Å². The molecule has 0 aliphatic heterocycles. The fourth-order valence-electron chi connectivity index (χ4n) is 2.05. The maximum Gasteiger partial charge on any atom is 0.251 e. The molecule has 0 aliphatic carbocycles. The Morgan fingerprint density at radius 1 is 1.10 bits per heavy atom. The molecule has 0 saturated carbocycles. The summed E-state index contributed by atoms with van der Waals surface area (Å²) in [4.78, 5) is 14.0. The fraction of sp³-hybridized carbons (Fsp3) is 0.235. The van der Waals surface area contributed by atoms with Gasteiger partial charge in [-0.1, -0.05) is 18.2 Å². The second-order valence-electron chi connectivity index (χ2n) is 5.08. The van der Waals surface area contributed by atoms with Crippen LogP contribution in [0, 0.1) is 0 Å². The van der Waals surface area contributed by atoms with E-state index in [0.717, 1.165) is 11.3 Å². The van der Waals surface area contributed by atoms with Crippen LogP contribution in [-0.2, 0) is 6.42 Å². The van der Waals surface area contributed by atoms with E-state index in [1.165, 1.54) is 0 Å². The first kappa shape index (κ1) is 14.9. The predicted octanol–water partition coefficient (Wildman–Crippen LogP) is 2.43. The maximum atomic E-state index is 12.0. The Morgan fingerprint density at radius 3 is 2.38 bits per heavy atom. The number of phenolic OH excluding ortho intramolecular Hbond substituents is 1. The van der Waals surface area contributed by atoms with Crippen molar-refractivity contribution in [3.8, 4) is 5.75 Å². The molecule has 0 bridgehead atoms. The van der Waals surface area contributed by atoms with E-state index in [4.69, 9.17) is 0 Å². The Morgan fingerprint density at radius 2 is 1.76 bits per heavy atom. The van der Waals surface area contributed by atoms with Gasteiger partial charge in [0, 0.05) is 31.9 Å². The maximum absolute atomic E-state index is 12.0. The molecule has 2 aromatic carbocycles. The molecule has 0 radical (unpaired) electrons. The van der Waals surface area contributed by atoms with Crippen LogP contribution in [0.1, 0.15) is 15.9 Å². The summed E-state index contributed by atoms with van der Waals surface area (Å²) >= 11 is 0. The number of anilines is 1. The third-order valence-electron chi connectivity index (χ3n) is 3.32. The number of hydrogen-bond donors (Lipinski definition) is 2. The van der Waals surface area contributed by atoms with Gasteiger partial charge < -0.3 is 15.3 Å². The SMILES string of the molecule is CN(C)c1ccc(C(=O)NCCc2ccccc2O)cc1. The summed E-state index contributed by atoms with van der Waals surface area (Å²) in [5.74, 6) is 0.165. The van der Waals surface area contributed by atoms with Gasteiger partial charge in [-0.05, 0) is 42.3 Å². The molecule has 0 aromatic heterocycles. The summed E-state index contributed by atoms with van der Waals surface area (Å²) in [6.45, 7) is 0.492. The molecule has 4 heteroatoms. The normalized spacial score (nSPS) is 10.2. The average molecular weight is 284 g/mol. The van der Waals surface area contributed by atoms with Gasteiger partial charge in [0.15, 0.2) is 0 Å². The van der Waals surface area contributed by atoms with Crippen molar-refractivity contribution in [2.24, 2.45) is 0 Å². The molecule has 0 unspecified atom stereocenters. The summed E-state index contributed by atoms with van der Waals surface area (Å²) < 4.78 is 0. The van der Waals surface area contributed by atoms with Crippen LogP contribution >= 0.6 is 0 Å². The molecule has 0 fully saturated rings. The summed E-state index contributed by atoms with van der Waals surface area (Å²) in [5.41, 5.74) is 2.53. The number of benzene rings is 2. The average Bonchev–Trinajstić information content (AvgIpc) is 2.49. The number of phenols is 1. The lowest BCUT2D eigenvalue weighted by molar-refractivity contribution is 0.0954. The van der Waals surface area contributed by atoms with Crippen molar-refractivity contribution in [3.05, 3.63) is 59.7 Å². The monoisotopic (exact) mass is 284 g/mol. The van der Waals surface area contributed by atoms with Gasteiger partial charge in [0.2, 0.25) is 0 Å². The number of hydrogen-bond acceptors (Lipinski definition) is 3. The number of amides is 1. The Balaban J connectivity index is 1.88. The molecular formula is C17H20N2O2. The number of rotatable bonds is 5. The molecular weight excluding hydrogens is 264 g/mol. The number of carbonyl (C=O) groups is 1. The number of nitrogens with one attached hydrogen (secondary N) is 1. The smallest absolute Gasteiger partial charge is 0.251 e. The Bertz CT molecular complexity index is 606. The Kier molecular flexibility index (Phi) is 4.82. The molecule has 21 heavy (non-hydrogen) atoms. The van der Waals surface area contributed by atoms with Gasteiger partial charge in [0.1, 0.15) is 5.75 Å². The van der Waals surface area contributed by atoms with Gasteiger partial charge in [-0.25, -0.2) is 0 Å². The summed E-state index contributed by atoms with van der Waals surface area (Å²) in [6.07, 6.45) is 0.605. The minimum atomic E-state index is -0.101. The van der Waals surface area contributed by atoms with Crippen LogP contribution in [-0.4, -0.2) is 31.7 Å². The highest BCUT2D eigenvalue weighted by atomic mass is 16.3. The van der Waals surface area contributed by atoms with Crippen molar-refractivity contribution in [2.75, 3.05) is 25.5 Å². The first-order valence-corrected chi connectivity index (χ1v) is 6.90. The molecule has 0 aliphatic rings. The van der Waals surface area contributed by atoms with Gasteiger partial charge in [-0.2, -0.15) is 0 Å². The minimum Gasteiger partial charge on any atom is -0.508 e. The molecule has 2 N–H and O–H groups in total. The van der Waals surface area contributed by atoms with E-state index < -0.39 is 0 Å². The number of aromatic hydroxyl groups is 1. The van der Waals surface area contributed by atoms with Crippen LogP contribution in [0.15, 0.2) is 48.5 Å². The zero-order chi connectivity index (χ0) is 15.2. The Hall–Kier alpha value is -2.49. The van der Waals surface area contributed by atoms with Gasteiger partial charge in [0.25, 0.3) is 5.91 Å². The van der Waals surface area contributed by atoms with Gasteiger partial charge in [-0.3, -0.25) is 4.79 Å². The van der Waals surface area contributed by atoms with Crippen LogP contribution in [0.25, 0.3) is 0 Å². The van der Waals surface area contributed by atoms with E-state index in [9.17, 15) is 9.90 Å². The first-order valence-electron chi connectivity index (χ1n) is 6.90. The summed E-state index contributed by atoms with van der Waals surface area (Å²) in [5, 5.41) is 12.5. The largest absolute Gasteiger partial charge is 0.508 e. The fourth-order valence-corrected chi connectivity index (χ4v) is 2.05. The molecule has 0 heterocycles. The van der Waals surface area contributed by atoms with Gasteiger partial charge in [0.05, 0.1) is 0 Å². The molecule has 110 valence electrons. The quantitative estimate of drug-likeness (QED) is 0.886. The highest BCUT2D eigenvalue weighted by Crippen LogP contribution is 2.15. The van der Waals surface area contributed by atoms with E-state index in [1.807, 2.05) is 55.4 Å². The zero-order valence-electron chi connectivity index (χ0n) is 12.3. The number of carbonyl (C=O) groups excluding carboxylic acids is 1. The topological polar surface area (TPSA) is 52.6 Å². The Labute approximate surface area is 125 Å². The second kappa shape index (κ2) is 6.79. The lowest BCUT2D eigenvalue weighted by Crippen LogP contribution is -2.25. The van der Waals surface area contributed by atoms with Crippen LogP contribution < -0.4 is 10.2 Å². The van der Waals surface area contributed by atoms with E-state index in [2.05, 4.69) is 5.32 Å². The first-order chi connectivity index (χ1) is 10.1. The standard InChI is InChI=1S/C17H20N2O2/c1-19(2)15-9-7-14(8-10-15)17(21)18-12-11-13-5-3-4-6-16(13)20/h3-10,20H,11-12H2,1-2H3,(H,18,21). The molecule has 4 nitrogen and oxygen atoms in total. The van der Waals surface area contributed by atoms with Crippen LogP contribution in [0.4, 0.5) is 5.69 Å². The van der Waals surface area contributed by atoms with E-state index in [1.54, 1.807) is 12.1 Å². The van der Waals surface area contributed by atoms with Crippen LogP contribution in [0.2, 0.25) is 0 Å². The van der Waals surface area contributed by atoms with Crippen LogP contribution in [0.3, 0.4) is 0 Å². The van der Waals surface area contributed by atoms with Gasteiger partial charge >= 0.3 is 0 Å². The van der Waals surface area contributed by atoms with Crippen molar-refractivity contribution >= 4 is 11.6 Å². The van der Waals surface area contributed by atoms with Crippen molar-refractivity contribution < 1.29 is 9.90 Å². The lowest BCUT2D eigenvalue weighted by Gasteiger charge is -2.12. The third-order valence-corrected chi connectivity index (χ3v) is 3.32. The van der Waals surface area contributed by atoms with Gasteiger partial charge in [-0.15, -0.1) is 0 Å². The molecule has 1 amide bonds. The molecule has 0 saturated heterocycles. The zero-order valence-corrected chi connectivity index (χ0v) is 12.3. The molecule has 0 spiro atoms.